The van der Waals surface area contributed by atoms with Crippen molar-refractivity contribution in [3.8, 4) is 0 Å². The third-order valence-corrected chi connectivity index (χ3v) is 1.61. The van der Waals surface area contributed by atoms with Crippen LogP contribution in [0.3, 0.4) is 0 Å². The third kappa shape index (κ3) is 104. The van der Waals surface area contributed by atoms with Gasteiger partial charge in [-0.05, 0) is 0 Å². The van der Waals surface area contributed by atoms with E-state index in [1.165, 1.54) is 0 Å². The quantitative estimate of drug-likeness (QED) is 0.145. The topological polar surface area (TPSA) is 423 Å². The van der Waals surface area contributed by atoms with Gasteiger partial charge in [-0.15, -0.1) is 0 Å². The monoisotopic (exact) mass is 507 g/mol. The van der Waals surface area contributed by atoms with Crippen LogP contribution in [0.2, 0.25) is 0 Å². The van der Waals surface area contributed by atoms with Crippen molar-refractivity contribution in [1.29, 1.82) is 0 Å². The molecule has 1 atom stereocenters. The van der Waals surface area contributed by atoms with E-state index in [-0.39, 0.29) is 39.1 Å². The number of amides is 1. The summed E-state index contributed by atoms with van der Waals surface area (Å²) in [5, 5.41) is 46.1. The zero-order chi connectivity index (χ0) is 28.9. The van der Waals surface area contributed by atoms with Crippen LogP contribution >= 0.6 is 0 Å². The number of aliphatic carboxylic acids is 6. The van der Waals surface area contributed by atoms with Crippen molar-refractivity contribution in [3.63, 3.8) is 0 Å². The summed E-state index contributed by atoms with van der Waals surface area (Å²) in [4.78, 5) is 66.1. The average Bonchev–Trinajstić information content (AvgIpc) is 2.74. The number of primary amides is 1. The second-order valence-corrected chi connectivity index (χ2v) is 4.60. The second kappa shape index (κ2) is 33.7. The maximum absolute atomic E-state index is 9.99. The van der Waals surface area contributed by atoms with Gasteiger partial charge < -0.3 is 70.8 Å². The Morgan fingerprint density at radius 2 is 0.647 bits per heavy atom. The van der Waals surface area contributed by atoms with Crippen LogP contribution in [0.1, 0.15) is 6.42 Å². The van der Waals surface area contributed by atoms with Crippen LogP contribution in [0, 0.1) is 0 Å². The number of hydrogen-bond acceptors (Lipinski definition) is 13. The Balaban J connectivity index is -0.0000000707. The molecule has 202 valence electrons. The summed E-state index contributed by atoms with van der Waals surface area (Å²) in [7, 11) is 0. The van der Waals surface area contributed by atoms with Gasteiger partial charge in [0.2, 0.25) is 5.91 Å². The normalized spacial score (nSPS) is 8.76. The van der Waals surface area contributed by atoms with E-state index in [1.807, 2.05) is 0 Å². The molecule has 0 bridgehead atoms. The Labute approximate surface area is 192 Å². The molecule has 0 aromatic heterocycles. The molecule has 0 rings (SSSR count). The first-order chi connectivity index (χ1) is 15.4. The van der Waals surface area contributed by atoms with Crippen molar-refractivity contribution in [3.05, 3.63) is 0 Å². The van der Waals surface area contributed by atoms with Crippen LogP contribution in [0.5, 0.6) is 0 Å². The van der Waals surface area contributed by atoms with Gasteiger partial charge in [-0.3, -0.25) is 33.6 Å². The fourth-order valence-electron chi connectivity index (χ4n) is 0.304. The Morgan fingerprint density at radius 3 is 0.676 bits per heavy atom. The van der Waals surface area contributed by atoms with Gasteiger partial charge >= 0.3 is 35.8 Å². The lowest BCUT2D eigenvalue weighted by atomic mass is 10.2. The molecule has 20 nitrogen and oxygen atoms in total. The zero-order valence-electron chi connectivity index (χ0n) is 17.9. The molecular weight excluding hydrogens is 474 g/mol. The van der Waals surface area contributed by atoms with Gasteiger partial charge in [-0.1, -0.05) is 0 Å². The standard InChI is InChI=1S/C4H8N2O3.5C2H5NO2/c5-2(4(8)9)1-3(6)7;5*3-1-2(4)5/h2H,1,5H2,(H2,6,7)(H,8,9);5*1,3H2,(H,4,5). The molecule has 34 heavy (non-hydrogen) atoms. The fourth-order valence-corrected chi connectivity index (χ4v) is 0.304. The van der Waals surface area contributed by atoms with Crippen LogP contribution in [0.4, 0.5) is 0 Å². The first-order valence-corrected chi connectivity index (χ1v) is 8.25. The van der Waals surface area contributed by atoms with Crippen molar-refractivity contribution in [2.24, 2.45) is 40.1 Å². The zero-order valence-corrected chi connectivity index (χ0v) is 17.9. The second-order valence-electron chi connectivity index (χ2n) is 4.60. The minimum atomic E-state index is -1.21. The predicted octanol–water partition coefficient (Wildman–Crippen LogP) is -6.58. The molecule has 0 aromatic carbocycles. The molecule has 0 aliphatic carbocycles. The molecule has 0 aliphatic rings. The third-order valence-electron chi connectivity index (χ3n) is 1.61. The maximum Gasteiger partial charge on any atom is 0.321 e. The average molecular weight is 507 g/mol. The Hall–Kier alpha value is -3.95. The summed E-state index contributed by atoms with van der Waals surface area (Å²) >= 11 is 0. The smallest absolute Gasteiger partial charge is 0.321 e. The van der Waals surface area contributed by atoms with E-state index in [4.69, 9.17) is 36.4 Å². The first kappa shape index (κ1) is 43.8. The van der Waals surface area contributed by atoms with E-state index in [2.05, 4.69) is 34.4 Å². The van der Waals surface area contributed by atoms with E-state index in [0.717, 1.165) is 0 Å². The highest BCUT2D eigenvalue weighted by atomic mass is 16.4. The molecule has 0 saturated heterocycles. The highest BCUT2D eigenvalue weighted by molar-refractivity contribution is 5.83. The predicted molar refractivity (Wildman–Crippen MR) is 113 cm³/mol. The minimum Gasteiger partial charge on any atom is -0.480 e. The van der Waals surface area contributed by atoms with Crippen LogP contribution in [-0.4, -0.2) is 111 Å². The van der Waals surface area contributed by atoms with E-state index in [9.17, 15) is 33.6 Å². The highest BCUT2D eigenvalue weighted by Crippen LogP contribution is 1.84. The lowest BCUT2D eigenvalue weighted by molar-refractivity contribution is -0.140. The number of nitrogens with two attached hydrogens (primary N) is 7. The van der Waals surface area contributed by atoms with Gasteiger partial charge in [0.1, 0.15) is 6.04 Å². The van der Waals surface area contributed by atoms with Gasteiger partial charge in [0, 0.05) is 0 Å². The molecule has 0 heterocycles. The summed E-state index contributed by atoms with van der Waals surface area (Å²) < 4.78 is 0. The molecule has 1 amide bonds. The summed E-state index contributed by atoms with van der Waals surface area (Å²) in [6.07, 6.45) is -0.310. The fraction of sp³-hybridized carbons (Fsp3) is 0.500. The van der Waals surface area contributed by atoms with Crippen LogP contribution in [0.25, 0.3) is 0 Å². The van der Waals surface area contributed by atoms with Crippen LogP contribution in [-0.2, 0) is 33.6 Å². The van der Waals surface area contributed by atoms with Crippen LogP contribution in [0.15, 0.2) is 0 Å². The number of carbonyl (C=O) groups excluding carboxylic acids is 1. The Bertz CT molecular complexity index is 521. The van der Waals surface area contributed by atoms with Gasteiger partial charge in [0.15, 0.2) is 0 Å². The molecular formula is C14H33N7O13. The van der Waals surface area contributed by atoms with Gasteiger partial charge in [0.05, 0.1) is 39.1 Å². The van der Waals surface area contributed by atoms with E-state index >= 15 is 0 Å². The molecule has 0 saturated carbocycles. The number of rotatable bonds is 8. The van der Waals surface area contributed by atoms with E-state index in [0.29, 0.717) is 0 Å². The summed E-state index contributed by atoms with van der Waals surface area (Å²) in [5.41, 5.74) is 32.4. The van der Waals surface area contributed by atoms with Gasteiger partial charge in [0.25, 0.3) is 0 Å². The summed E-state index contributed by atoms with van der Waals surface area (Å²) in [6.45, 7) is -1.39. The number of carboxylic acids is 6. The number of hydrogen-bond donors (Lipinski definition) is 13. The minimum absolute atomic E-state index is 0.278. The SMILES string of the molecule is NC(=O)CC(N)C(=O)O.NCC(=O)O.NCC(=O)O.NCC(=O)O.NCC(=O)O.NCC(=O)O. The van der Waals surface area contributed by atoms with Crippen molar-refractivity contribution in [1.82, 2.24) is 0 Å². The van der Waals surface area contributed by atoms with E-state index < -0.39 is 47.8 Å². The molecule has 0 spiro atoms. The molecule has 20 N–H and O–H groups in total. The summed E-state index contributed by atoms with van der Waals surface area (Å²) in [6, 6.07) is -1.16. The van der Waals surface area contributed by atoms with E-state index in [1.54, 1.807) is 0 Å². The van der Waals surface area contributed by atoms with Crippen molar-refractivity contribution < 1.29 is 64.2 Å². The molecule has 20 heteroatoms. The molecule has 0 radical (unpaired) electrons. The first-order valence-electron chi connectivity index (χ1n) is 8.25. The van der Waals surface area contributed by atoms with Crippen molar-refractivity contribution in [2.45, 2.75) is 12.5 Å². The lowest BCUT2D eigenvalue weighted by Gasteiger charge is -1.99. The lowest BCUT2D eigenvalue weighted by Crippen LogP contribution is -2.34. The van der Waals surface area contributed by atoms with Gasteiger partial charge in [-0.25, -0.2) is 0 Å². The number of carbonyl (C=O) groups is 7. The van der Waals surface area contributed by atoms with Crippen molar-refractivity contribution in [2.75, 3.05) is 32.7 Å². The van der Waals surface area contributed by atoms with Crippen LogP contribution < -0.4 is 40.1 Å². The Morgan fingerprint density at radius 1 is 0.500 bits per heavy atom. The molecule has 0 aromatic rings. The Kier molecular flexibility index (Phi) is 43.4. The highest BCUT2D eigenvalue weighted by Gasteiger charge is 2.13. The van der Waals surface area contributed by atoms with Crippen molar-refractivity contribution >= 4 is 41.7 Å². The molecule has 0 fully saturated rings. The molecule has 0 aliphatic heterocycles. The summed E-state index contributed by atoms with van der Waals surface area (Å²) in [5.74, 6) is -6.76. The van der Waals surface area contributed by atoms with Gasteiger partial charge in [-0.2, -0.15) is 0 Å². The number of carboxylic acid groups (broad SMARTS) is 6. The largest absolute Gasteiger partial charge is 0.480 e. The molecule has 1 unspecified atom stereocenters. The maximum atomic E-state index is 9.99.